The molecular weight excluding hydrogens is 234 g/mol. The summed E-state index contributed by atoms with van der Waals surface area (Å²) in [6.07, 6.45) is 0.962. The molecule has 0 aliphatic carbocycles. The molecule has 1 aromatic rings. The first-order valence-corrected chi connectivity index (χ1v) is 6.41. The van der Waals surface area contributed by atoms with Crippen LogP contribution in [0.5, 0.6) is 0 Å². The van der Waals surface area contributed by atoms with Crippen LogP contribution in [0.2, 0.25) is 0 Å². The molecule has 1 aliphatic heterocycles. The van der Waals surface area contributed by atoms with Gasteiger partial charge in [0.05, 0.1) is 5.69 Å². The average molecular weight is 254 g/mol. The highest BCUT2D eigenvalue weighted by Gasteiger charge is 2.21. The number of halogens is 2. The Morgan fingerprint density at radius 1 is 1.33 bits per heavy atom. The second-order valence-electron chi connectivity index (χ2n) is 5.41. The molecule has 1 heterocycles. The number of nitrogens with one attached hydrogen (secondary N) is 1. The van der Waals surface area contributed by atoms with Gasteiger partial charge in [0, 0.05) is 12.6 Å². The van der Waals surface area contributed by atoms with Crippen molar-refractivity contribution in [2.45, 2.75) is 32.2 Å². The van der Waals surface area contributed by atoms with E-state index in [4.69, 9.17) is 0 Å². The van der Waals surface area contributed by atoms with Crippen molar-refractivity contribution in [1.29, 1.82) is 0 Å². The van der Waals surface area contributed by atoms with Crippen LogP contribution in [-0.4, -0.2) is 31.1 Å². The maximum absolute atomic E-state index is 13.7. The van der Waals surface area contributed by atoms with Gasteiger partial charge in [-0.25, -0.2) is 8.78 Å². The molecule has 0 saturated carbocycles. The van der Waals surface area contributed by atoms with E-state index in [1.165, 1.54) is 6.07 Å². The molecule has 1 saturated heterocycles. The summed E-state index contributed by atoms with van der Waals surface area (Å²) >= 11 is 0. The molecule has 0 spiro atoms. The van der Waals surface area contributed by atoms with Crippen LogP contribution in [0, 0.1) is 11.6 Å². The number of likely N-dealkylation sites (N-methyl/N-ethyl adjacent to an activating group) is 1. The van der Waals surface area contributed by atoms with Crippen molar-refractivity contribution in [3.8, 4) is 0 Å². The molecule has 0 aromatic heterocycles. The molecule has 4 heteroatoms. The summed E-state index contributed by atoms with van der Waals surface area (Å²) in [5.41, 5.74) is 1.11. The van der Waals surface area contributed by atoms with E-state index >= 15 is 0 Å². The first-order valence-electron chi connectivity index (χ1n) is 6.41. The molecule has 2 rings (SSSR count). The summed E-state index contributed by atoms with van der Waals surface area (Å²) in [5, 5.41) is 3.12. The van der Waals surface area contributed by atoms with Crippen LogP contribution in [0.1, 0.15) is 31.7 Å². The molecule has 1 aromatic carbocycles. The SMILES string of the molecule is CC(C)c1cc(F)c(F)c(N[C@H]2CCN(C)C2)c1. The third kappa shape index (κ3) is 2.80. The predicted octanol–water partition coefficient (Wildman–Crippen LogP) is 3.20. The summed E-state index contributed by atoms with van der Waals surface area (Å²) in [7, 11) is 2.03. The number of hydrogen-bond donors (Lipinski definition) is 1. The normalized spacial score (nSPS) is 20.7. The Bertz CT molecular complexity index is 432. The highest BCUT2D eigenvalue weighted by molar-refractivity contribution is 5.49. The molecule has 0 unspecified atom stereocenters. The highest BCUT2D eigenvalue weighted by Crippen LogP contribution is 2.26. The third-order valence-electron chi connectivity index (χ3n) is 3.47. The van der Waals surface area contributed by atoms with Crippen molar-refractivity contribution >= 4 is 5.69 Å². The molecular formula is C14H20F2N2. The van der Waals surface area contributed by atoms with Crippen molar-refractivity contribution in [2.75, 3.05) is 25.5 Å². The Kier molecular flexibility index (Phi) is 3.85. The van der Waals surface area contributed by atoms with Crippen LogP contribution in [0.25, 0.3) is 0 Å². The first-order chi connectivity index (χ1) is 8.47. The third-order valence-corrected chi connectivity index (χ3v) is 3.47. The number of benzene rings is 1. The van der Waals surface area contributed by atoms with Crippen molar-refractivity contribution in [2.24, 2.45) is 0 Å². The van der Waals surface area contributed by atoms with Gasteiger partial charge in [-0.2, -0.15) is 0 Å². The maximum atomic E-state index is 13.7. The van der Waals surface area contributed by atoms with E-state index in [2.05, 4.69) is 10.2 Å². The molecule has 1 fully saturated rings. The van der Waals surface area contributed by atoms with Gasteiger partial charge < -0.3 is 10.2 Å². The molecule has 0 amide bonds. The lowest BCUT2D eigenvalue weighted by atomic mass is 10.0. The lowest BCUT2D eigenvalue weighted by molar-refractivity contribution is 0.413. The van der Waals surface area contributed by atoms with E-state index in [1.807, 2.05) is 20.9 Å². The molecule has 0 radical (unpaired) electrons. The van der Waals surface area contributed by atoms with E-state index in [-0.39, 0.29) is 12.0 Å². The molecule has 0 bridgehead atoms. The maximum Gasteiger partial charge on any atom is 0.181 e. The van der Waals surface area contributed by atoms with Gasteiger partial charge in [0.2, 0.25) is 0 Å². The van der Waals surface area contributed by atoms with Crippen LogP contribution < -0.4 is 5.32 Å². The van der Waals surface area contributed by atoms with E-state index in [0.29, 0.717) is 5.69 Å². The zero-order valence-corrected chi connectivity index (χ0v) is 11.1. The van der Waals surface area contributed by atoms with Crippen molar-refractivity contribution in [3.63, 3.8) is 0 Å². The van der Waals surface area contributed by atoms with E-state index in [0.717, 1.165) is 25.1 Å². The van der Waals surface area contributed by atoms with E-state index < -0.39 is 11.6 Å². The van der Waals surface area contributed by atoms with Gasteiger partial charge in [0.25, 0.3) is 0 Å². The molecule has 1 N–H and O–H groups in total. The van der Waals surface area contributed by atoms with Gasteiger partial charge in [-0.1, -0.05) is 13.8 Å². The number of anilines is 1. The van der Waals surface area contributed by atoms with E-state index in [1.54, 1.807) is 6.07 Å². The number of likely N-dealkylation sites (tertiary alicyclic amines) is 1. The molecule has 18 heavy (non-hydrogen) atoms. The zero-order valence-electron chi connectivity index (χ0n) is 11.1. The molecule has 1 atom stereocenters. The van der Waals surface area contributed by atoms with Gasteiger partial charge in [-0.3, -0.25) is 0 Å². The Morgan fingerprint density at radius 3 is 2.61 bits per heavy atom. The van der Waals surface area contributed by atoms with Gasteiger partial charge in [0.1, 0.15) is 0 Å². The smallest absolute Gasteiger partial charge is 0.181 e. The van der Waals surface area contributed by atoms with Gasteiger partial charge in [-0.15, -0.1) is 0 Å². The fourth-order valence-corrected chi connectivity index (χ4v) is 2.32. The van der Waals surface area contributed by atoms with Crippen LogP contribution in [0.15, 0.2) is 12.1 Å². The summed E-state index contributed by atoms with van der Waals surface area (Å²) in [6, 6.07) is 3.21. The number of rotatable bonds is 3. The second kappa shape index (κ2) is 5.22. The second-order valence-corrected chi connectivity index (χ2v) is 5.41. The summed E-state index contributed by atoms with van der Waals surface area (Å²) in [6.45, 7) is 5.80. The standard InChI is InChI=1S/C14H20F2N2/c1-9(2)10-6-12(15)14(16)13(7-10)17-11-4-5-18(3)8-11/h6-7,9,11,17H,4-5,8H2,1-3H3/t11-/m0/s1. The fraction of sp³-hybridized carbons (Fsp3) is 0.571. The monoisotopic (exact) mass is 254 g/mol. The molecule has 2 nitrogen and oxygen atoms in total. The van der Waals surface area contributed by atoms with Crippen molar-refractivity contribution in [1.82, 2.24) is 4.90 Å². The van der Waals surface area contributed by atoms with Gasteiger partial charge >= 0.3 is 0 Å². The van der Waals surface area contributed by atoms with Gasteiger partial charge in [-0.05, 0) is 43.6 Å². The Balaban J connectivity index is 2.21. The van der Waals surface area contributed by atoms with Crippen LogP contribution in [0.3, 0.4) is 0 Å². The first kappa shape index (κ1) is 13.3. The zero-order chi connectivity index (χ0) is 13.3. The van der Waals surface area contributed by atoms with Crippen molar-refractivity contribution < 1.29 is 8.78 Å². The van der Waals surface area contributed by atoms with Crippen LogP contribution in [0.4, 0.5) is 14.5 Å². The Labute approximate surface area is 107 Å². The minimum atomic E-state index is -0.769. The Morgan fingerprint density at radius 2 is 2.06 bits per heavy atom. The summed E-state index contributed by atoms with van der Waals surface area (Å²) < 4.78 is 27.3. The summed E-state index contributed by atoms with van der Waals surface area (Å²) in [4.78, 5) is 2.18. The largest absolute Gasteiger partial charge is 0.379 e. The molecule has 1 aliphatic rings. The minimum absolute atomic E-state index is 0.187. The van der Waals surface area contributed by atoms with Crippen LogP contribution in [-0.2, 0) is 0 Å². The Hall–Kier alpha value is -1.16. The minimum Gasteiger partial charge on any atom is -0.379 e. The summed E-state index contributed by atoms with van der Waals surface area (Å²) in [5.74, 6) is -1.35. The lowest BCUT2D eigenvalue weighted by Crippen LogP contribution is -2.24. The quantitative estimate of drug-likeness (QED) is 0.891. The molecule has 100 valence electrons. The van der Waals surface area contributed by atoms with E-state index in [9.17, 15) is 8.78 Å². The highest BCUT2D eigenvalue weighted by atomic mass is 19.2. The fourth-order valence-electron chi connectivity index (χ4n) is 2.32. The average Bonchev–Trinajstić information content (AvgIpc) is 2.70. The lowest BCUT2D eigenvalue weighted by Gasteiger charge is -2.17. The predicted molar refractivity (Wildman–Crippen MR) is 70.0 cm³/mol. The number of nitrogens with zero attached hydrogens (tertiary/aromatic N) is 1. The van der Waals surface area contributed by atoms with Gasteiger partial charge in [0.15, 0.2) is 11.6 Å². The topological polar surface area (TPSA) is 15.3 Å². The number of hydrogen-bond acceptors (Lipinski definition) is 2. The van der Waals surface area contributed by atoms with Crippen molar-refractivity contribution in [3.05, 3.63) is 29.3 Å². The van der Waals surface area contributed by atoms with Crippen LogP contribution >= 0.6 is 0 Å².